The zero-order valence-electron chi connectivity index (χ0n) is 36.5. The number of ketones is 1. The van der Waals surface area contributed by atoms with Gasteiger partial charge in [-0.1, -0.05) is 77.3 Å². The van der Waals surface area contributed by atoms with Gasteiger partial charge in [-0.25, -0.2) is 28.8 Å². The first-order chi connectivity index (χ1) is 31.9. The van der Waals surface area contributed by atoms with Gasteiger partial charge in [0.1, 0.15) is 23.1 Å². The van der Waals surface area contributed by atoms with Crippen LogP contribution in [0.2, 0.25) is 10.0 Å². The molecule has 0 radical (unpaired) electrons. The molecule has 3 aromatic rings. The number of pyridine rings is 1. The molecule has 4 N–H and O–H groups in total. The van der Waals surface area contributed by atoms with E-state index in [1.54, 1.807) is 36.4 Å². The summed E-state index contributed by atoms with van der Waals surface area (Å²) in [6.07, 6.45) is 25.1. The number of hydrogen-bond donors (Lipinski definition) is 4. The summed E-state index contributed by atoms with van der Waals surface area (Å²) in [6.45, 7) is 0.828. The van der Waals surface area contributed by atoms with Crippen LogP contribution >= 0.6 is 34.8 Å². The molecule has 2 aliphatic rings. The number of esters is 4. The molecule has 0 bridgehead atoms. The summed E-state index contributed by atoms with van der Waals surface area (Å²) in [5, 5.41) is 38.3. The largest absolute Gasteiger partial charge is 0.506 e. The van der Waals surface area contributed by atoms with Gasteiger partial charge < -0.3 is 34.3 Å². The molecule has 19 heteroatoms. The summed E-state index contributed by atoms with van der Waals surface area (Å²) < 4.78 is 20.1. The number of phenols is 2. The molecular weight excluding hydrogens is 935 g/mol. The predicted octanol–water partition coefficient (Wildman–Crippen LogP) is 8.33. The van der Waals surface area contributed by atoms with Crippen LogP contribution in [0.4, 0.5) is 0 Å². The lowest BCUT2D eigenvalue weighted by Crippen LogP contribution is -2.32. The van der Waals surface area contributed by atoms with Gasteiger partial charge in [0.2, 0.25) is 5.78 Å². The number of hydrogen-bond acceptors (Lipinski definition) is 14. The fraction of sp³-hybridized carbons (Fsp3) is 0.188. The lowest BCUT2D eigenvalue weighted by Gasteiger charge is -2.11. The summed E-state index contributed by atoms with van der Waals surface area (Å²) >= 11 is 17.8. The molecule has 0 amide bonds. The van der Waals surface area contributed by atoms with E-state index in [4.69, 9.17) is 45.1 Å². The van der Waals surface area contributed by atoms with E-state index in [-0.39, 0.29) is 55.3 Å². The third kappa shape index (κ3) is 16.6. The predicted molar refractivity (Wildman–Crippen MR) is 249 cm³/mol. The third-order valence-corrected chi connectivity index (χ3v) is 10.4. The molecule has 5 rings (SSSR count). The minimum atomic E-state index is -0.754. The van der Waals surface area contributed by atoms with E-state index in [9.17, 15) is 39.0 Å². The van der Waals surface area contributed by atoms with Crippen molar-refractivity contribution in [1.82, 2.24) is 5.06 Å². The van der Waals surface area contributed by atoms with Crippen molar-refractivity contribution in [2.24, 2.45) is 0 Å². The van der Waals surface area contributed by atoms with Gasteiger partial charge >= 0.3 is 29.8 Å². The Hall–Kier alpha value is -7.24. The minimum absolute atomic E-state index is 0.0391. The SMILES string of the molecule is COC(=O)/C=C/c1ccc(C(=O)OC)c(Cl)c1O.COC(=O)C1=C(Cl)C(=O)C(=CC=C2C=CN(O)C=C2)C=C1.COC(=O)c1ccc(/C=C/c2cc[n+](CCCCCC(=O)O)cc2)c(O)c1Cl. The number of aromatic hydroxyl groups is 2. The van der Waals surface area contributed by atoms with Gasteiger partial charge in [-0.15, -0.1) is 0 Å². The first-order valence-corrected chi connectivity index (χ1v) is 20.9. The minimum Gasteiger partial charge on any atom is -0.506 e. The van der Waals surface area contributed by atoms with Gasteiger partial charge in [0.25, 0.3) is 0 Å². The molecule has 0 spiro atoms. The number of phenolic OH excluding ortho intramolecular Hbond substituents is 2. The normalized spacial score (nSPS) is 13.5. The Morgan fingerprint density at radius 1 is 0.672 bits per heavy atom. The number of benzene rings is 2. The number of carbonyl (C=O) groups is 6. The molecule has 16 nitrogen and oxygen atoms in total. The molecule has 1 aliphatic carbocycles. The van der Waals surface area contributed by atoms with Crippen molar-refractivity contribution >= 4 is 88.7 Å². The Balaban J connectivity index is 0.000000274. The number of unbranched alkanes of at least 4 members (excludes halogenated alkanes) is 2. The number of carboxylic acid groups (broad SMARTS) is 1. The van der Waals surface area contributed by atoms with Crippen LogP contribution in [0.5, 0.6) is 11.5 Å². The van der Waals surface area contributed by atoms with Crippen LogP contribution in [0.1, 0.15) is 63.1 Å². The third-order valence-electron chi connectivity index (χ3n) is 9.21. The Bertz CT molecular complexity index is 2570. The Kier molecular flexibility index (Phi) is 22.0. The van der Waals surface area contributed by atoms with Crippen LogP contribution in [0.15, 0.2) is 125 Å². The summed E-state index contributed by atoms with van der Waals surface area (Å²) in [5.74, 6) is -4.15. The quantitative estimate of drug-likeness (QED) is 0.0391. The number of halogens is 3. The van der Waals surface area contributed by atoms with Crippen molar-refractivity contribution < 1.29 is 72.8 Å². The van der Waals surface area contributed by atoms with Crippen LogP contribution in [0, 0.1) is 0 Å². The van der Waals surface area contributed by atoms with Gasteiger partial charge in [0.05, 0.1) is 55.2 Å². The monoisotopic (exact) mass is 979 g/mol. The van der Waals surface area contributed by atoms with Crippen molar-refractivity contribution in [3.8, 4) is 11.5 Å². The number of nitrogens with zero attached hydrogens (tertiary/aromatic N) is 2. The second-order valence-corrected chi connectivity index (χ2v) is 14.8. The van der Waals surface area contributed by atoms with Crippen LogP contribution in [-0.2, 0) is 44.7 Å². The Morgan fingerprint density at radius 3 is 1.75 bits per heavy atom. The number of aliphatic carboxylic acids is 1. The van der Waals surface area contributed by atoms with Gasteiger partial charge in [-0.05, 0) is 60.4 Å². The number of carboxylic acids is 1. The zero-order chi connectivity index (χ0) is 49.6. The average molecular weight is 981 g/mol. The topological polar surface area (TPSA) is 227 Å². The smallest absolute Gasteiger partial charge is 0.339 e. The van der Waals surface area contributed by atoms with Crippen molar-refractivity contribution in [2.45, 2.75) is 32.2 Å². The number of aryl methyl sites for hydroxylation is 1. The van der Waals surface area contributed by atoms with Crippen molar-refractivity contribution in [1.29, 1.82) is 0 Å². The molecule has 0 saturated carbocycles. The highest BCUT2D eigenvalue weighted by molar-refractivity contribution is 6.48. The van der Waals surface area contributed by atoms with Gasteiger partial charge in [0, 0.05) is 60.2 Å². The van der Waals surface area contributed by atoms with Gasteiger partial charge in [-0.3, -0.25) is 14.8 Å². The molecule has 2 aromatic carbocycles. The molecular formula is C48H46Cl3N2O14+. The fourth-order valence-electron chi connectivity index (χ4n) is 5.55. The van der Waals surface area contributed by atoms with E-state index >= 15 is 0 Å². The Morgan fingerprint density at radius 2 is 1.22 bits per heavy atom. The molecule has 1 aliphatic heterocycles. The molecule has 0 unspecified atom stereocenters. The van der Waals surface area contributed by atoms with E-state index in [2.05, 4.69) is 18.9 Å². The number of Topliss-reactive ketones (excluding diaryl/α,β-unsaturated/α-hetero) is 1. The number of hydroxylamine groups is 2. The van der Waals surface area contributed by atoms with E-state index in [1.165, 1.54) is 77.3 Å². The molecule has 0 fully saturated rings. The number of rotatable bonds is 14. The van der Waals surface area contributed by atoms with Gasteiger partial charge in [-0.2, -0.15) is 0 Å². The molecule has 67 heavy (non-hydrogen) atoms. The zero-order valence-corrected chi connectivity index (χ0v) is 38.7. The van der Waals surface area contributed by atoms with E-state index in [0.717, 1.165) is 41.7 Å². The van der Waals surface area contributed by atoms with Crippen molar-refractivity contribution in [2.75, 3.05) is 28.4 Å². The Labute approximate surface area is 400 Å². The lowest BCUT2D eigenvalue weighted by molar-refractivity contribution is -0.697. The first kappa shape index (κ1) is 54.1. The average Bonchev–Trinajstić information content (AvgIpc) is 3.33. The molecule has 0 saturated heterocycles. The standard InChI is InChI=1S/C21H22ClNO5.C15H12ClNO4.C12H11ClO5/c1-28-21(27)17-9-8-16(20(26)19(17)22)7-6-15-10-13-23(14-11-15)12-4-2-3-5-18(24)25;1-21-15(19)12-5-4-11(14(18)13(12)16)3-2-10-6-8-17(20)9-7-10;1-17-9(14)6-4-7-3-5-8(12(16)18-2)10(13)11(7)15/h6-11,13-14H,2-5,12H2,1H3,(H,24,25);2-9,20H,1H3;3-6,15H,1-2H3/p+1/b;;6-4+. The highest BCUT2D eigenvalue weighted by atomic mass is 35.5. The van der Waals surface area contributed by atoms with E-state index in [0.29, 0.717) is 17.6 Å². The highest BCUT2D eigenvalue weighted by Crippen LogP contribution is 2.34. The van der Waals surface area contributed by atoms with Crippen molar-refractivity contribution in [3.05, 3.63) is 163 Å². The fourth-order valence-corrected chi connectivity index (χ4v) is 6.30. The van der Waals surface area contributed by atoms with E-state index < -0.39 is 35.6 Å². The summed E-state index contributed by atoms with van der Waals surface area (Å²) in [6, 6.07) is 9.82. The van der Waals surface area contributed by atoms with Crippen LogP contribution in [0.25, 0.3) is 18.2 Å². The molecule has 0 atom stereocenters. The summed E-state index contributed by atoms with van der Waals surface area (Å²) in [7, 11) is 4.92. The second kappa shape index (κ2) is 27.3. The number of carbonyl (C=O) groups excluding carboxylic acids is 5. The molecule has 352 valence electrons. The number of methoxy groups -OCH3 is 4. The highest BCUT2D eigenvalue weighted by Gasteiger charge is 2.24. The summed E-state index contributed by atoms with van der Waals surface area (Å²) in [5.41, 5.74) is 3.08. The maximum atomic E-state index is 12.1. The van der Waals surface area contributed by atoms with Crippen molar-refractivity contribution in [3.63, 3.8) is 0 Å². The summed E-state index contributed by atoms with van der Waals surface area (Å²) in [4.78, 5) is 67.7. The maximum Gasteiger partial charge on any atom is 0.339 e. The first-order valence-electron chi connectivity index (χ1n) is 19.8. The van der Waals surface area contributed by atoms with Crippen LogP contribution in [-0.4, -0.2) is 89.7 Å². The van der Waals surface area contributed by atoms with Crippen LogP contribution < -0.4 is 4.57 Å². The maximum absolute atomic E-state index is 12.1. The van der Waals surface area contributed by atoms with Gasteiger partial charge in [0.15, 0.2) is 12.4 Å². The number of allylic oxidation sites excluding steroid dienone is 8. The number of ether oxygens (including phenoxy) is 4. The molecule has 1 aromatic heterocycles. The second-order valence-electron chi connectivity index (χ2n) is 13.7. The lowest BCUT2D eigenvalue weighted by atomic mass is 9.99. The molecule has 2 heterocycles. The van der Waals surface area contributed by atoms with Crippen LogP contribution in [0.3, 0.4) is 0 Å². The number of aromatic nitrogens is 1. The van der Waals surface area contributed by atoms with E-state index in [1.807, 2.05) is 35.2 Å².